The summed E-state index contributed by atoms with van der Waals surface area (Å²) in [6, 6.07) is 8.17. The van der Waals surface area contributed by atoms with E-state index < -0.39 is 0 Å². The van der Waals surface area contributed by atoms with Crippen molar-refractivity contribution in [3.63, 3.8) is 0 Å². The molecule has 0 saturated carbocycles. The maximum atomic E-state index is 5.55. The number of rotatable bonds is 12. The van der Waals surface area contributed by atoms with Gasteiger partial charge < -0.3 is 20.1 Å². The molecule has 0 fully saturated rings. The molecule has 0 aliphatic rings. The topological polar surface area (TPSA) is 54.9 Å². The second kappa shape index (κ2) is 16.4. The average molecular weight is 463 g/mol. The van der Waals surface area contributed by atoms with Crippen LogP contribution in [-0.2, 0) is 11.2 Å². The molecule has 0 amide bonds. The van der Waals surface area contributed by atoms with Gasteiger partial charge in [-0.3, -0.25) is 4.99 Å². The van der Waals surface area contributed by atoms with E-state index in [4.69, 9.17) is 9.47 Å². The zero-order valence-corrected chi connectivity index (χ0v) is 18.2. The van der Waals surface area contributed by atoms with Crippen LogP contribution in [-0.4, -0.2) is 45.9 Å². The highest BCUT2D eigenvalue weighted by Crippen LogP contribution is 2.12. The van der Waals surface area contributed by atoms with Crippen molar-refractivity contribution in [2.45, 2.75) is 39.5 Å². The zero-order chi connectivity index (χ0) is 17.5. The number of nitrogens with zero attached hydrogens (tertiary/aromatic N) is 1. The SMILES string of the molecule is CCCCOCCCN=C(NCC)NCCc1cccc(OC)c1.I. The summed E-state index contributed by atoms with van der Waals surface area (Å²) < 4.78 is 10.8. The maximum Gasteiger partial charge on any atom is 0.191 e. The van der Waals surface area contributed by atoms with Crippen molar-refractivity contribution in [1.82, 2.24) is 10.6 Å². The Kier molecular flexibility index (Phi) is 15.8. The van der Waals surface area contributed by atoms with Gasteiger partial charge in [0.1, 0.15) is 5.75 Å². The van der Waals surface area contributed by atoms with Gasteiger partial charge in [0.25, 0.3) is 0 Å². The molecule has 1 aromatic rings. The van der Waals surface area contributed by atoms with Gasteiger partial charge in [0.15, 0.2) is 5.96 Å². The first-order chi connectivity index (χ1) is 11.8. The summed E-state index contributed by atoms with van der Waals surface area (Å²) in [5.74, 6) is 1.77. The molecule has 5 nitrogen and oxygen atoms in total. The van der Waals surface area contributed by atoms with Crippen LogP contribution in [0.2, 0.25) is 0 Å². The summed E-state index contributed by atoms with van der Waals surface area (Å²) >= 11 is 0. The number of hydrogen-bond acceptors (Lipinski definition) is 3. The number of nitrogens with one attached hydrogen (secondary N) is 2. The van der Waals surface area contributed by atoms with Crippen LogP contribution >= 0.6 is 24.0 Å². The predicted octanol–water partition coefficient (Wildman–Crippen LogP) is 3.62. The van der Waals surface area contributed by atoms with Crippen molar-refractivity contribution < 1.29 is 9.47 Å². The fourth-order valence-corrected chi connectivity index (χ4v) is 2.20. The lowest BCUT2D eigenvalue weighted by Gasteiger charge is -2.11. The molecular formula is C19H34IN3O2. The number of methoxy groups -OCH3 is 1. The highest BCUT2D eigenvalue weighted by Gasteiger charge is 1.99. The number of unbranched alkanes of at least 4 members (excludes halogenated alkanes) is 1. The van der Waals surface area contributed by atoms with Crippen LogP contribution in [0.25, 0.3) is 0 Å². The first-order valence-corrected chi connectivity index (χ1v) is 9.03. The Morgan fingerprint density at radius 3 is 2.64 bits per heavy atom. The Labute approximate surface area is 170 Å². The number of benzene rings is 1. The van der Waals surface area contributed by atoms with Crippen LogP contribution in [0.5, 0.6) is 5.75 Å². The highest BCUT2D eigenvalue weighted by atomic mass is 127. The Bertz CT molecular complexity index is 470. The van der Waals surface area contributed by atoms with Crippen LogP contribution < -0.4 is 15.4 Å². The lowest BCUT2D eigenvalue weighted by atomic mass is 10.1. The van der Waals surface area contributed by atoms with Crippen LogP contribution in [0.15, 0.2) is 29.3 Å². The number of halogens is 1. The minimum absolute atomic E-state index is 0. The summed E-state index contributed by atoms with van der Waals surface area (Å²) in [6.07, 6.45) is 4.20. The molecule has 0 aliphatic heterocycles. The van der Waals surface area contributed by atoms with E-state index in [1.54, 1.807) is 7.11 Å². The standard InChI is InChI=1S/C19H33N3O2.HI/c1-4-6-14-24-15-8-12-21-19(20-5-2)22-13-11-17-9-7-10-18(16-17)23-3;/h7,9-10,16H,4-6,8,11-15H2,1-3H3,(H2,20,21,22);1H. The third kappa shape index (κ3) is 12.0. The van der Waals surface area contributed by atoms with E-state index >= 15 is 0 Å². The third-order valence-corrected chi connectivity index (χ3v) is 3.54. The van der Waals surface area contributed by atoms with Gasteiger partial charge in [0, 0.05) is 32.8 Å². The second-order valence-corrected chi connectivity index (χ2v) is 5.61. The molecule has 0 atom stereocenters. The first kappa shape index (κ1) is 24.0. The Morgan fingerprint density at radius 1 is 1.12 bits per heavy atom. The molecule has 0 spiro atoms. The molecular weight excluding hydrogens is 429 g/mol. The monoisotopic (exact) mass is 463 g/mol. The lowest BCUT2D eigenvalue weighted by Crippen LogP contribution is -2.38. The van der Waals surface area contributed by atoms with Gasteiger partial charge in [-0.1, -0.05) is 25.5 Å². The quantitative estimate of drug-likeness (QED) is 0.215. The Morgan fingerprint density at radius 2 is 1.92 bits per heavy atom. The maximum absolute atomic E-state index is 5.55. The second-order valence-electron chi connectivity index (χ2n) is 5.61. The molecule has 1 aromatic carbocycles. The van der Waals surface area contributed by atoms with Crippen molar-refractivity contribution in [2.75, 3.05) is 40.0 Å². The van der Waals surface area contributed by atoms with Gasteiger partial charge in [0.05, 0.1) is 7.11 Å². The minimum Gasteiger partial charge on any atom is -0.497 e. The third-order valence-electron chi connectivity index (χ3n) is 3.54. The summed E-state index contributed by atoms with van der Waals surface area (Å²) in [5, 5.41) is 6.65. The number of hydrogen-bond donors (Lipinski definition) is 2. The average Bonchev–Trinajstić information content (AvgIpc) is 2.61. The molecule has 0 saturated heterocycles. The van der Waals surface area contributed by atoms with Gasteiger partial charge in [0.2, 0.25) is 0 Å². The van der Waals surface area contributed by atoms with Crippen LogP contribution in [0.1, 0.15) is 38.7 Å². The first-order valence-electron chi connectivity index (χ1n) is 9.03. The van der Waals surface area contributed by atoms with Crippen molar-refractivity contribution >= 4 is 29.9 Å². The van der Waals surface area contributed by atoms with Crippen LogP contribution in [0.3, 0.4) is 0 Å². The van der Waals surface area contributed by atoms with Gasteiger partial charge >= 0.3 is 0 Å². The molecule has 0 bridgehead atoms. The molecule has 0 radical (unpaired) electrons. The minimum atomic E-state index is 0. The summed E-state index contributed by atoms with van der Waals surface area (Å²) in [5.41, 5.74) is 1.25. The zero-order valence-electron chi connectivity index (χ0n) is 15.8. The molecule has 2 N–H and O–H groups in total. The van der Waals surface area contributed by atoms with Crippen LogP contribution in [0.4, 0.5) is 0 Å². The van der Waals surface area contributed by atoms with E-state index in [2.05, 4.69) is 41.6 Å². The van der Waals surface area contributed by atoms with Gasteiger partial charge in [-0.25, -0.2) is 0 Å². The Balaban J connectivity index is 0.00000576. The molecule has 0 heterocycles. The molecule has 144 valence electrons. The number of ether oxygens (including phenoxy) is 2. The fourth-order valence-electron chi connectivity index (χ4n) is 2.20. The number of guanidine groups is 1. The van der Waals surface area contributed by atoms with Gasteiger partial charge in [-0.15, -0.1) is 24.0 Å². The lowest BCUT2D eigenvalue weighted by molar-refractivity contribution is 0.130. The summed E-state index contributed by atoms with van der Waals surface area (Å²) in [7, 11) is 1.69. The summed E-state index contributed by atoms with van der Waals surface area (Å²) in [6.45, 7) is 8.37. The molecule has 0 unspecified atom stereocenters. The van der Waals surface area contributed by atoms with E-state index in [0.29, 0.717) is 0 Å². The molecule has 6 heteroatoms. The molecule has 1 rings (SSSR count). The van der Waals surface area contributed by atoms with E-state index in [9.17, 15) is 0 Å². The van der Waals surface area contributed by atoms with E-state index in [1.807, 2.05) is 12.1 Å². The number of aliphatic imine (C=N–C) groups is 1. The van der Waals surface area contributed by atoms with Crippen molar-refractivity contribution in [3.8, 4) is 5.75 Å². The predicted molar refractivity (Wildman–Crippen MR) is 116 cm³/mol. The normalized spacial score (nSPS) is 10.9. The largest absolute Gasteiger partial charge is 0.497 e. The molecule has 25 heavy (non-hydrogen) atoms. The fraction of sp³-hybridized carbons (Fsp3) is 0.632. The van der Waals surface area contributed by atoms with E-state index in [0.717, 1.165) is 63.8 Å². The van der Waals surface area contributed by atoms with Crippen molar-refractivity contribution in [3.05, 3.63) is 29.8 Å². The smallest absolute Gasteiger partial charge is 0.191 e. The van der Waals surface area contributed by atoms with E-state index in [1.165, 1.54) is 12.0 Å². The Hall–Kier alpha value is -1.02. The van der Waals surface area contributed by atoms with E-state index in [-0.39, 0.29) is 24.0 Å². The summed E-state index contributed by atoms with van der Waals surface area (Å²) in [4.78, 5) is 4.59. The van der Waals surface area contributed by atoms with Crippen molar-refractivity contribution in [2.24, 2.45) is 4.99 Å². The highest BCUT2D eigenvalue weighted by molar-refractivity contribution is 14.0. The van der Waals surface area contributed by atoms with Crippen LogP contribution in [0, 0.1) is 0 Å². The molecule has 0 aromatic heterocycles. The van der Waals surface area contributed by atoms with Gasteiger partial charge in [-0.2, -0.15) is 0 Å². The van der Waals surface area contributed by atoms with Gasteiger partial charge in [-0.05, 0) is 43.9 Å². The molecule has 0 aliphatic carbocycles. The van der Waals surface area contributed by atoms with Crippen molar-refractivity contribution in [1.29, 1.82) is 0 Å².